The van der Waals surface area contributed by atoms with Crippen LogP contribution in [0, 0.1) is 0 Å². The summed E-state index contributed by atoms with van der Waals surface area (Å²) >= 11 is 0. The fourth-order valence-electron chi connectivity index (χ4n) is 3.13. The summed E-state index contributed by atoms with van der Waals surface area (Å²) in [7, 11) is 1.64. The Morgan fingerprint density at radius 1 is 1.33 bits per heavy atom. The Labute approximate surface area is 142 Å². The minimum atomic E-state index is -0.408. The molecule has 6 heteroatoms. The van der Waals surface area contributed by atoms with Crippen molar-refractivity contribution in [1.29, 1.82) is 0 Å². The molecule has 128 valence electrons. The number of morpholine rings is 1. The molecule has 0 saturated carbocycles. The zero-order chi connectivity index (χ0) is 17.2. The van der Waals surface area contributed by atoms with Crippen LogP contribution in [-0.4, -0.2) is 59.1 Å². The van der Waals surface area contributed by atoms with E-state index in [2.05, 4.69) is 5.10 Å². The molecule has 1 unspecified atom stereocenters. The minimum absolute atomic E-state index is 0.0474. The first kappa shape index (κ1) is 16.7. The van der Waals surface area contributed by atoms with Crippen molar-refractivity contribution < 1.29 is 14.3 Å². The number of aromatic nitrogens is 2. The molecular formula is C18H23N3O3. The molecule has 1 aliphatic rings. The van der Waals surface area contributed by atoms with Gasteiger partial charge in [0.05, 0.1) is 30.2 Å². The normalized spacial score (nSPS) is 20.1. The molecule has 1 aromatic heterocycles. The molecule has 1 amide bonds. The number of carbonyl (C=O) groups excluding carboxylic acids is 1. The molecule has 3 rings (SSSR count). The van der Waals surface area contributed by atoms with Crippen molar-refractivity contribution in [3.63, 3.8) is 0 Å². The first-order valence-electron chi connectivity index (χ1n) is 8.06. The third kappa shape index (κ3) is 3.49. The van der Waals surface area contributed by atoms with Gasteiger partial charge in [0, 0.05) is 20.2 Å². The first-order valence-corrected chi connectivity index (χ1v) is 8.06. The molecule has 1 saturated heterocycles. The van der Waals surface area contributed by atoms with Crippen molar-refractivity contribution in [3.05, 3.63) is 48.3 Å². The molecule has 2 aromatic rings. The van der Waals surface area contributed by atoms with E-state index in [0.29, 0.717) is 25.4 Å². The second-order valence-electron chi connectivity index (χ2n) is 6.60. The van der Waals surface area contributed by atoms with E-state index < -0.39 is 5.60 Å². The summed E-state index contributed by atoms with van der Waals surface area (Å²) in [5.41, 5.74) is 1.01. The van der Waals surface area contributed by atoms with Crippen LogP contribution in [0.15, 0.2) is 42.6 Å². The predicted octanol–water partition coefficient (Wildman–Crippen LogP) is 2.14. The lowest BCUT2D eigenvalue weighted by Gasteiger charge is -2.42. The summed E-state index contributed by atoms with van der Waals surface area (Å²) < 4.78 is 12.9. The molecule has 1 aliphatic heterocycles. The molecule has 1 aromatic carbocycles. The molecule has 0 bridgehead atoms. The number of nitrogens with zero attached hydrogens (tertiary/aromatic N) is 3. The highest BCUT2D eigenvalue weighted by molar-refractivity contribution is 5.93. The maximum Gasteiger partial charge on any atom is 0.272 e. The van der Waals surface area contributed by atoms with Gasteiger partial charge in [-0.05, 0) is 32.0 Å². The van der Waals surface area contributed by atoms with E-state index in [1.165, 1.54) is 0 Å². The van der Waals surface area contributed by atoms with E-state index in [4.69, 9.17) is 9.47 Å². The van der Waals surface area contributed by atoms with Crippen LogP contribution in [0.4, 0.5) is 0 Å². The summed E-state index contributed by atoms with van der Waals surface area (Å²) in [6, 6.07) is 11.4. The Kier molecular flexibility index (Phi) is 4.69. The Bertz CT molecular complexity index is 697. The van der Waals surface area contributed by atoms with Crippen molar-refractivity contribution in [2.24, 2.45) is 0 Å². The molecule has 1 fully saturated rings. The molecule has 24 heavy (non-hydrogen) atoms. The van der Waals surface area contributed by atoms with Gasteiger partial charge < -0.3 is 14.4 Å². The molecular weight excluding hydrogens is 306 g/mol. The zero-order valence-electron chi connectivity index (χ0n) is 14.3. The summed E-state index contributed by atoms with van der Waals surface area (Å²) in [6.07, 6.45) is 1.52. The quantitative estimate of drug-likeness (QED) is 0.862. The number of amides is 1. The van der Waals surface area contributed by atoms with Gasteiger partial charge in [0.1, 0.15) is 5.69 Å². The van der Waals surface area contributed by atoms with Crippen LogP contribution in [0.1, 0.15) is 24.3 Å². The van der Waals surface area contributed by atoms with Gasteiger partial charge in [-0.2, -0.15) is 5.10 Å². The second kappa shape index (κ2) is 6.75. The molecule has 1 atom stereocenters. The molecule has 2 heterocycles. The topological polar surface area (TPSA) is 56.6 Å². The lowest BCUT2D eigenvalue weighted by atomic mass is 10.0. The van der Waals surface area contributed by atoms with Gasteiger partial charge in [-0.25, -0.2) is 4.68 Å². The van der Waals surface area contributed by atoms with Gasteiger partial charge in [0.15, 0.2) is 0 Å². The molecule has 0 aliphatic carbocycles. The number of carbonyl (C=O) groups is 1. The lowest BCUT2D eigenvalue weighted by molar-refractivity contribution is -0.143. The van der Waals surface area contributed by atoms with Gasteiger partial charge in [-0.1, -0.05) is 18.2 Å². The van der Waals surface area contributed by atoms with Gasteiger partial charge in [-0.15, -0.1) is 0 Å². The number of benzene rings is 1. The van der Waals surface area contributed by atoms with E-state index in [0.717, 1.165) is 5.69 Å². The molecule has 6 nitrogen and oxygen atoms in total. The van der Waals surface area contributed by atoms with Crippen LogP contribution in [0.25, 0.3) is 5.69 Å². The van der Waals surface area contributed by atoms with Crippen molar-refractivity contribution >= 4 is 5.91 Å². The van der Waals surface area contributed by atoms with E-state index in [1.807, 2.05) is 49.1 Å². The van der Waals surface area contributed by atoms with Gasteiger partial charge in [0.25, 0.3) is 5.91 Å². The fourth-order valence-corrected chi connectivity index (χ4v) is 3.13. The van der Waals surface area contributed by atoms with E-state index in [9.17, 15) is 4.79 Å². The fraction of sp³-hybridized carbons (Fsp3) is 0.444. The van der Waals surface area contributed by atoms with Crippen molar-refractivity contribution in [2.45, 2.75) is 25.6 Å². The Morgan fingerprint density at radius 2 is 2.08 bits per heavy atom. The summed E-state index contributed by atoms with van der Waals surface area (Å²) in [5, 5.41) is 4.31. The van der Waals surface area contributed by atoms with Gasteiger partial charge in [0.2, 0.25) is 0 Å². The van der Waals surface area contributed by atoms with Crippen LogP contribution in [0.5, 0.6) is 0 Å². The van der Waals surface area contributed by atoms with Gasteiger partial charge in [-0.3, -0.25) is 4.79 Å². The SMILES string of the molecule is COCC1CN(C(=O)c2ccnn2-c2ccccc2)CC(C)(C)O1. The molecule has 0 N–H and O–H groups in total. The number of hydrogen-bond acceptors (Lipinski definition) is 4. The highest BCUT2D eigenvalue weighted by Crippen LogP contribution is 2.23. The summed E-state index contributed by atoms with van der Waals surface area (Å²) in [6.45, 7) is 5.49. The zero-order valence-corrected chi connectivity index (χ0v) is 14.3. The number of para-hydroxylation sites is 1. The average molecular weight is 329 g/mol. The van der Waals surface area contributed by atoms with E-state index in [1.54, 1.807) is 24.1 Å². The maximum absolute atomic E-state index is 13.1. The van der Waals surface area contributed by atoms with Crippen LogP contribution < -0.4 is 0 Å². The second-order valence-corrected chi connectivity index (χ2v) is 6.60. The lowest BCUT2D eigenvalue weighted by Crippen LogP contribution is -2.55. The number of hydrogen-bond donors (Lipinski definition) is 0. The first-order chi connectivity index (χ1) is 11.5. The van der Waals surface area contributed by atoms with Crippen molar-refractivity contribution in [2.75, 3.05) is 26.8 Å². The molecule has 0 spiro atoms. The number of rotatable bonds is 4. The monoisotopic (exact) mass is 329 g/mol. The highest BCUT2D eigenvalue weighted by atomic mass is 16.5. The predicted molar refractivity (Wildman–Crippen MR) is 90.3 cm³/mol. The standard InChI is InChI=1S/C18H23N3O3/c1-18(2)13-20(11-15(24-18)12-23-3)17(22)16-9-10-19-21(16)14-7-5-4-6-8-14/h4-10,15H,11-13H2,1-3H3. The van der Waals surface area contributed by atoms with E-state index >= 15 is 0 Å². The highest BCUT2D eigenvalue weighted by Gasteiger charge is 2.36. The Hall–Kier alpha value is -2.18. The number of ether oxygens (including phenoxy) is 2. The van der Waals surface area contributed by atoms with Crippen LogP contribution in [0.2, 0.25) is 0 Å². The summed E-state index contributed by atoms with van der Waals surface area (Å²) in [4.78, 5) is 14.9. The summed E-state index contributed by atoms with van der Waals surface area (Å²) in [5.74, 6) is -0.0474. The van der Waals surface area contributed by atoms with Crippen molar-refractivity contribution in [1.82, 2.24) is 14.7 Å². The maximum atomic E-state index is 13.1. The van der Waals surface area contributed by atoms with Crippen LogP contribution in [-0.2, 0) is 9.47 Å². The van der Waals surface area contributed by atoms with Gasteiger partial charge >= 0.3 is 0 Å². The third-order valence-electron chi connectivity index (χ3n) is 3.98. The Balaban J connectivity index is 1.85. The smallest absolute Gasteiger partial charge is 0.272 e. The average Bonchev–Trinajstić information content (AvgIpc) is 3.03. The number of methoxy groups -OCH3 is 1. The minimum Gasteiger partial charge on any atom is -0.382 e. The largest absolute Gasteiger partial charge is 0.382 e. The van der Waals surface area contributed by atoms with Crippen LogP contribution >= 0.6 is 0 Å². The molecule has 0 radical (unpaired) electrons. The Morgan fingerprint density at radius 3 is 2.79 bits per heavy atom. The van der Waals surface area contributed by atoms with E-state index in [-0.39, 0.29) is 12.0 Å². The third-order valence-corrected chi connectivity index (χ3v) is 3.98. The van der Waals surface area contributed by atoms with Crippen LogP contribution in [0.3, 0.4) is 0 Å². The van der Waals surface area contributed by atoms with Crippen molar-refractivity contribution in [3.8, 4) is 5.69 Å².